The zero-order chi connectivity index (χ0) is 13.8. The first-order valence-electron chi connectivity index (χ1n) is 6.22. The molecule has 0 radical (unpaired) electrons. The van der Waals surface area contributed by atoms with E-state index in [-0.39, 0.29) is 11.8 Å². The molecule has 104 valence electrons. The Bertz CT molecular complexity index is 467. The highest BCUT2D eigenvalue weighted by Crippen LogP contribution is 2.21. The number of carbonyl (C=O) groups is 2. The van der Waals surface area contributed by atoms with Gasteiger partial charge in [-0.2, -0.15) is 0 Å². The van der Waals surface area contributed by atoms with E-state index >= 15 is 0 Å². The minimum atomic E-state index is -0.695. The van der Waals surface area contributed by atoms with Gasteiger partial charge in [-0.25, -0.2) is 4.98 Å². The van der Waals surface area contributed by atoms with Crippen LogP contribution in [0.2, 0.25) is 0 Å². The van der Waals surface area contributed by atoms with E-state index in [9.17, 15) is 9.59 Å². The van der Waals surface area contributed by atoms with Crippen molar-refractivity contribution in [3.8, 4) is 0 Å². The third kappa shape index (κ3) is 3.51. The lowest BCUT2D eigenvalue weighted by molar-refractivity contribution is -0.143. The van der Waals surface area contributed by atoms with Crippen molar-refractivity contribution in [1.29, 1.82) is 0 Å². The Morgan fingerprint density at radius 2 is 2.21 bits per heavy atom. The van der Waals surface area contributed by atoms with E-state index in [1.54, 1.807) is 13.2 Å². The number of thiazole rings is 1. The lowest BCUT2D eigenvalue weighted by Gasteiger charge is -2.29. The maximum absolute atomic E-state index is 11.4. The van der Waals surface area contributed by atoms with Crippen LogP contribution in [0.1, 0.15) is 27.5 Å². The number of hydrogen-bond acceptors (Lipinski definition) is 5. The second kappa shape index (κ2) is 6.12. The van der Waals surface area contributed by atoms with E-state index in [0.717, 1.165) is 24.5 Å². The van der Waals surface area contributed by atoms with Crippen LogP contribution in [0.25, 0.3) is 0 Å². The van der Waals surface area contributed by atoms with Gasteiger partial charge in [0.05, 0.1) is 5.92 Å². The maximum atomic E-state index is 11.4. The molecule has 0 spiro atoms. The zero-order valence-corrected chi connectivity index (χ0v) is 11.6. The van der Waals surface area contributed by atoms with Gasteiger partial charge in [0.1, 0.15) is 0 Å². The Morgan fingerprint density at radius 3 is 2.79 bits per heavy atom. The van der Waals surface area contributed by atoms with Gasteiger partial charge in [0.25, 0.3) is 5.91 Å². The molecule has 1 amide bonds. The number of carboxylic acids is 1. The summed E-state index contributed by atoms with van der Waals surface area (Å²) in [6, 6.07) is 0. The number of nitrogens with one attached hydrogen (secondary N) is 1. The van der Waals surface area contributed by atoms with E-state index in [4.69, 9.17) is 5.11 Å². The number of nitrogens with zero attached hydrogens (tertiary/aromatic N) is 2. The smallest absolute Gasteiger partial charge is 0.306 e. The molecule has 1 aliphatic rings. The number of carbonyl (C=O) groups excluding carboxylic acids is 1. The Morgan fingerprint density at radius 1 is 1.53 bits per heavy atom. The average molecular weight is 283 g/mol. The van der Waals surface area contributed by atoms with E-state index in [1.807, 2.05) is 0 Å². The third-order valence-corrected chi connectivity index (χ3v) is 4.27. The van der Waals surface area contributed by atoms with Gasteiger partial charge >= 0.3 is 5.97 Å². The van der Waals surface area contributed by atoms with Gasteiger partial charge in [-0.3, -0.25) is 14.5 Å². The molecule has 2 rings (SSSR count). The molecule has 0 aliphatic carbocycles. The van der Waals surface area contributed by atoms with E-state index in [2.05, 4.69) is 15.2 Å². The first kappa shape index (κ1) is 14.0. The Labute approximate surface area is 115 Å². The lowest BCUT2D eigenvalue weighted by Crippen LogP contribution is -2.35. The molecule has 0 saturated carbocycles. The summed E-state index contributed by atoms with van der Waals surface area (Å²) in [6.45, 7) is 2.30. The van der Waals surface area contributed by atoms with E-state index < -0.39 is 5.97 Å². The maximum Gasteiger partial charge on any atom is 0.306 e. The first-order chi connectivity index (χ1) is 9.10. The summed E-state index contributed by atoms with van der Waals surface area (Å²) in [5.74, 6) is -1.07. The number of amides is 1. The number of aliphatic carboxylic acids is 1. The van der Waals surface area contributed by atoms with Gasteiger partial charge < -0.3 is 10.4 Å². The first-order valence-corrected chi connectivity index (χ1v) is 7.03. The number of aromatic nitrogens is 1. The van der Waals surface area contributed by atoms with Gasteiger partial charge in [0.15, 0.2) is 5.01 Å². The minimum absolute atomic E-state index is 0.166. The fourth-order valence-corrected chi connectivity index (χ4v) is 3.05. The highest BCUT2D eigenvalue weighted by atomic mass is 32.1. The van der Waals surface area contributed by atoms with Crippen LogP contribution < -0.4 is 5.32 Å². The monoisotopic (exact) mass is 283 g/mol. The quantitative estimate of drug-likeness (QED) is 0.854. The largest absolute Gasteiger partial charge is 0.481 e. The van der Waals surface area contributed by atoms with Crippen molar-refractivity contribution in [2.75, 3.05) is 20.1 Å². The van der Waals surface area contributed by atoms with Gasteiger partial charge in [-0.1, -0.05) is 0 Å². The molecular formula is C12H17N3O3S. The van der Waals surface area contributed by atoms with Gasteiger partial charge in [0, 0.05) is 24.7 Å². The third-order valence-electron chi connectivity index (χ3n) is 3.29. The van der Waals surface area contributed by atoms with Gasteiger partial charge in [-0.15, -0.1) is 11.3 Å². The van der Waals surface area contributed by atoms with Crippen LogP contribution in [0.4, 0.5) is 0 Å². The number of rotatable bonds is 4. The standard InChI is InChI=1S/C12H17N3O3S/c1-13-10(16)11-14-6-9(19-11)7-15-4-2-8(3-5-15)12(17)18/h6,8H,2-5,7H2,1H3,(H,13,16)(H,17,18). The van der Waals surface area contributed by atoms with Gasteiger partial charge in [-0.05, 0) is 25.9 Å². The molecule has 1 aromatic heterocycles. The van der Waals surface area contributed by atoms with Crippen molar-refractivity contribution in [2.45, 2.75) is 19.4 Å². The van der Waals surface area contributed by atoms with Crippen LogP contribution in [0, 0.1) is 5.92 Å². The fourth-order valence-electron chi connectivity index (χ4n) is 2.15. The zero-order valence-electron chi connectivity index (χ0n) is 10.8. The molecule has 0 unspecified atom stereocenters. The summed E-state index contributed by atoms with van der Waals surface area (Å²) >= 11 is 1.39. The van der Waals surface area contributed by atoms with Crippen molar-refractivity contribution in [2.24, 2.45) is 5.92 Å². The SMILES string of the molecule is CNC(=O)c1ncc(CN2CCC(C(=O)O)CC2)s1. The molecule has 19 heavy (non-hydrogen) atoms. The average Bonchev–Trinajstić information content (AvgIpc) is 2.87. The Kier molecular flexibility index (Phi) is 4.49. The second-order valence-electron chi connectivity index (χ2n) is 4.60. The number of carboxylic acid groups (broad SMARTS) is 1. The van der Waals surface area contributed by atoms with Crippen molar-refractivity contribution >= 4 is 23.2 Å². The molecule has 1 saturated heterocycles. The predicted molar refractivity (Wildman–Crippen MR) is 71.1 cm³/mol. The number of likely N-dealkylation sites (tertiary alicyclic amines) is 1. The van der Waals surface area contributed by atoms with Crippen molar-refractivity contribution < 1.29 is 14.7 Å². The predicted octanol–water partition coefficient (Wildman–Crippen LogP) is 0.799. The highest BCUT2D eigenvalue weighted by Gasteiger charge is 2.24. The summed E-state index contributed by atoms with van der Waals surface area (Å²) in [7, 11) is 1.58. The molecule has 0 aromatic carbocycles. The fraction of sp³-hybridized carbons (Fsp3) is 0.583. The molecule has 1 fully saturated rings. The Hall–Kier alpha value is -1.47. The van der Waals surface area contributed by atoms with E-state index in [0.29, 0.717) is 17.8 Å². The second-order valence-corrected chi connectivity index (χ2v) is 5.71. The van der Waals surface area contributed by atoms with Crippen LogP contribution in [0.3, 0.4) is 0 Å². The highest BCUT2D eigenvalue weighted by molar-refractivity contribution is 7.13. The van der Waals surface area contributed by atoms with E-state index in [1.165, 1.54) is 11.3 Å². The van der Waals surface area contributed by atoms with Crippen molar-refractivity contribution in [3.63, 3.8) is 0 Å². The summed E-state index contributed by atoms with van der Waals surface area (Å²) in [5, 5.41) is 12.0. The van der Waals surface area contributed by atoms with Crippen molar-refractivity contribution in [3.05, 3.63) is 16.1 Å². The number of piperidine rings is 1. The molecule has 0 bridgehead atoms. The summed E-state index contributed by atoms with van der Waals surface area (Å²) in [6.07, 6.45) is 3.10. The van der Waals surface area contributed by atoms with Gasteiger partial charge in [0.2, 0.25) is 0 Å². The molecule has 1 aromatic rings. The topological polar surface area (TPSA) is 82.5 Å². The molecule has 2 heterocycles. The molecule has 1 aliphatic heterocycles. The summed E-state index contributed by atoms with van der Waals surface area (Å²) < 4.78 is 0. The molecular weight excluding hydrogens is 266 g/mol. The van der Waals surface area contributed by atoms with Crippen LogP contribution in [0.5, 0.6) is 0 Å². The summed E-state index contributed by atoms with van der Waals surface area (Å²) in [5.41, 5.74) is 0. The van der Waals surface area contributed by atoms with Crippen LogP contribution >= 0.6 is 11.3 Å². The molecule has 7 heteroatoms. The molecule has 0 atom stereocenters. The Balaban J connectivity index is 1.87. The normalized spacial score (nSPS) is 17.3. The molecule has 2 N–H and O–H groups in total. The molecule has 6 nitrogen and oxygen atoms in total. The van der Waals surface area contributed by atoms with Crippen LogP contribution in [-0.4, -0.2) is 47.0 Å². The summed E-state index contributed by atoms with van der Waals surface area (Å²) in [4.78, 5) is 29.6. The number of hydrogen-bond donors (Lipinski definition) is 2. The van der Waals surface area contributed by atoms with Crippen molar-refractivity contribution in [1.82, 2.24) is 15.2 Å². The minimum Gasteiger partial charge on any atom is -0.481 e. The van der Waals surface area contributed by atoms with Crippen LogP contribution in [-0.2, 0) is 11.3 Å². The lowest BCUT2D eigenvalue weighted by atomic mass is 9.97. The van der Waals surface area contributed by atoms with Crippen LogP contribution in [0.15, 0.2) is 6.20 Å².